The van der Waals surface area contributed by atoms with Gasteiger partial charge in [0.1, 0.15) is 0 Å². The molecule has 0 aliphatic heterocycles. The number of aromatic nitrogens is 2. The van der Waals surface area contributed by atoms with E-state index in [0.29, 0.717) is 11.3 Å². The largest absolute Gasteiger partial charge is 0.291 e. The van der Waals surface area contributed by atoms with Crippen LogP contribution in [0.3, 0.4) is 0 Å². The summed E-state index contributed by atoms with van der Waals surface area (Å²) in [4.78, 5) is 21.8. The Morgan fingerprint density at radius 1 is 1.38 bits per heavy atom. The first-order chi connectivity index (χ1) is 9.97. The van der Waals surface area contributed by atoms with Gasteiger partial charge in [0.25, 0.3) is 11.6 Å². The van der Waals surface area contributed by atoms with Crippen molar-refractivity contribution in [2.75, 3.05) is 0 Å². The summed E-state index contributed by atoms with van der Waals surface area (Å²) in [5.74, 6) is -0.430. The highest BCUT2D eigenvalue weighted by molar-refractivity contribution is 6.00. The van der Waals surface area contributed by atoms with Crippen molar-refractivity contribution in [1.82, 2.24) is 15.6 Å². The van der Waals surface area contributed by atoms with Crippen LogP contribution in [0.25, 0.3) is 0 Å². The molecule has 1 aromatic carbocycles. The monoisotopic (exact) mass is 287 g/mol. The van der Waals surface area contributed by atoms with Crippen LogP contribution in [0.5, 0.6) is 0 Å². The van der Waals surface area contributed by atoms with Crippen molar-refractivity contribution >= 4 is 17.3 Å². The smallest absolute Gasteiger partial charge is 0.282 e. The molecule has 0 radical (unpaired) electrons. The summed E-state index contributed by atoms with van der Waals surface area (Å²) >= 11 is 0. The minimum atomic E-state index is -0.474. The minimum Gasteiger partial charge on any atom is -0.282 e. The number of carbonyl (C=O) groups is 1. The SMILES string of the molecule is CC(=NNC(=O)c1cc(C)[nH]n1)c1ccc([N+](=O)[O-])cc1. The van der Waals surface area contributed by atoms with E-state index < -0.39 is 10.8 Å². The number of aromatic amines is 1. The van der Waals surface area contributed by atoms with Gasteiger partial charge in [-0.15, -0.1) is 0 Å². The highest BCUT2D eigenvalue weighted by Gasteiger charge is 2.09. The number of nitrogens with one attached hydrogen (secondary N) is 2. The minimum absolute atomic E-state index is 0.00239. The maximum absolute atomic E-state index is 11.7. The third kappa shape index (κ3) is 3.50. The molecule has 2 rings (SSSR count). The summed E-state index contributed by atoms with van der Waals surface area (Å²) in [6.45, 7) is 3.48. The van der Waals surface area contributed by atoms with E-state index in [1.54, 1.807) is 32.0 Å². The first-order valence-corrected chi connectivity index (χ1v) is 6.09. The lowest BCUT2D eigenvalue weighted by Crippen LogP contribution is -2.19. The molecule has 2 aromatic rings. The highest BCUT2D eigenvalue weighted by Crippen LogP contribution is 2.12. The molecule has 8 heteroatoms. The molecule has 2 N–H and O–H groups in total. The number of hydrogen-bond donors (Lipinski definition) is 2. The normalized spacial score (nSPS) is 11.2. The summed E-state index contributed by atoms with van der Waals surface area (Å²) in [5.41, 5.74) is 4.61. The van der Waals surface area contributed by atoms with Crippen molar-refractivity contribution in [2.45, 2.75) is 13.8 Å². The molecule has 0 saturated heterocycles. The van der Waals surface area contributed by atoms with Crippen molar-refractivity contribution < 1.29 is 9.72 Å². The van der Waals surface area contributed by atoms with Crippen LogP contribution in [0, 0.1) is 17.0 Å². The number of H-pyrrole nitrogens is 1. The molecule has 0 atom stereocenters. The topological polar surface area (TPSA) is 113 Å². The summed E-state index contributed by atoms with van der Waals surface area (Å²) in [5, 5.41) is 21.0. The molecule has 0 aliphatic carbocycles. The third-order valence-electron chi connectivity index (χ3n) is 2.76. The zero-order valence-electron chi connectivity index (χ0n) is 11.5. The quantitative estimate of drug-likeness (QED) is 0.506. The molecule has 0 saturated carbocycles. The maximum Gasteiger partial charge on any atom is 0.291 e. The number of carbonyl (C=O) groups excluding carboxylic acids is 1. The maximum atomic E-state index is 11.7. The van der Waals surface area contributed by atoms with E-state index in [1.165, 1.54) is 12.1 Å². The predicted octanol–water partition coefficient (Wildman–Crippen LogP) is 1.78. The van der Waals surface area contributed by atoms with Crippen molar-refractivity contribution in [1.29, 1.82) is 0 Å². The molecule has 8 nitrogen and oxygen atoms in total. The second-order valence-electron chi connectivity index (χ2n) is 4.38. The van der Waals surface area contributed by atoms with E-state index in [2.05, 4.69) is 20.7 Å². The molecular weight excluding hydrogens is 274 g/mol. The van der Waals surface area contributed by atoms with Crippen LogP contribution < -0.4 is 5.43 Å². The molecule has 1 amide bonds. The summed E-state index contributed by atoms with van der Waals surface area (Å²) in [7, 11) is 0. The van der Waals surface area contributed by atoms with Crippen LogP contribution >= 0.6 is 0 Å². The van der Waals surface area contributed by atoms with Gasteiger partial charge in [0, 0.05) is 17.8 Å². The van der Waals surface area contributed by atoms with Gasteiger partial charge < -0.3 is 0 Å². The molecule has 1 heterocycles. The Kier molecular flexibility index (Phi) is 4.07. The highest BCUT2D eigenvalue weighted by atomic mass is 16.6. The van der Waals surface area contributed by atoms with Gasteiger partial charge in [-0.05, 0) is 37.6 Å². The summed E-state index contributed by atoms with van der Waals surface area (Å²) < 4.78 is 0. The first kappa shape index (κ1) is 14.4. The number of rotatable bonds is 4. The van der Waals surface area contributed by atoms with E-state index in [4.69, 9.17) is 0 Å². The van der Waals surface area contributed by atoms with Crippen molar-refractivity contribution in [2.24, 2.45) is 5.10 Å². The molecule has 108 valence electrons. The van der Waals surface area contributed by atoms with Crippen LogP contribution in [0.1, 0.15) is 28.7 Å². The molecule has 21 heavy (non-hydrogen) atoms. The van der Waals surface area contributed by atoms with Crippen LogP contribution in [0.4, 0.5) is 5.69 Å². The molecule has 1 aromatic heterocycles. The second kappa shape index (κ2) is 5.95. The standard InChI is InChI=1S/C13H13N5O3/c1-8-7-12(16-14-8)13(19)17-15-9(2)10-3-5-11(6-4-10)18(20)21/h3-7H,1-2H3,(H,14,16)(H,17,19). The number of nitro groups is 1. The van der Waals surface area contributed by atoms with Gasteiger partial charge in [-0.25, -0.2) is 5.43 Å². The van der Waals surface area contributed by atoms with Gasteiger partial charge in [-0.2, -0.15) is 10.2 Å². The van der Waals surface area contributed by atoms with E-state index in [-0.39, 0.29) is 11.4 Å². The van der Waals surface area contributed by atoms with Crippen LogP contribution in [-0.4, -0.2) is 26.7 Å². The number of nitrogens with zero attached hydrogens (tertiary/aromatic N) is 3. The Labute approximate surface area is 120 Å². The zero-order valence-corrected chi connectivity index (χ0v) is 11.5. The zero-order chi connectivity index (χ0) is 15.4. The van der Waals surface area contributed by atoms with E-state index in [1.807, 2.05) is 0 Å². The van der Waals surface area contributed by atoms with Gasteiger partial charge in [-0.3, -0.25) is 20.0 Å². The lowest BCUT2D eigenvalue weighted by atomic mass is 10.1. The fourth-order valence-electron chi connectivity index (χ4n) is 1.62. The number of benzene rings is 1. The molecule has 0 unspecified atom stereocenters. The Hall–Kier alpha value is -3.03. The number of amides is 1. The van der Waals surface area contributed by atoms with Gasteiger partial charge in [0.05, 0.1) is 10.6 Å². The fraction of sp³-hybridized carbons (Fsp3) is 0.154. The Morgan fingerprint density at radius 3 is 2.57 bits per heavy atom. The lowest BCUT2D eigenvalue weighted by Gasteiger charge is -2.01. The number of hydrogen-bond acceptors (Lipinski definition) is 5. The number of nitro benzene ring substituents is 1. The lowest BCUT2D eigenvalue weighted by molar-refractivity contribution is -0.384. The van der Waals surface area contributed by atoms with E-state index in [9.17, 15) is 14.9 Å². The van der Waals surface area contributed by atoms with Gasteiger partial charge >= 0.3 is 0 Å². The molecule has 0 aliphatic rings. The van der Waals surface area contributed by atoms with E-state index >= 15 is 0 Å². The third-order valence-corrected chi connectivity index (χ3v) is 2.76. The van der Waals surface area contributed by atoms with E-state index in [0.717, 1.165) is 5.69 Å². The molecule has 0 bridgehead atoms. The van der Waals surface area contributed by atoms with Gasteiger partial charge in [0.2, 0.25) is 0 Å². The van der Waals surface area contributed by atoms with Crippen molar-refractivity contribution in [3.63, 3.8) is 0 Å². The molecular formula is C13H13N5O3. The Morgan fingerprint density at radius 2 is 2.05 bits per heavy atom. The van der Waals surface area contributed by atoms with Crippen molar-refractivity contribution in [3.05, 3.63) is 57.4 Å². The second-order valence-corrected chi connectivity index (χ2v) is 4.38. The summed E-state index contributed by atoms with van der Waals surface area (Å²) in [6.07, 6.45) is 0. The average Bonchev–Trinajstić information content (AvgIpc) is 2.91. The first-order valence-electron chi connectivity index (χ1n) is 6.09. The number of aryl methyl sites for hydroxylation is 1. The molecule has 0 spiro atoms. The Bertz CT molecular complexity index is 703. The van der Waals surface area contributed by atoms with Crippen LogP contribution in [0.2, 0.25) is 0 Å². The predicted molar refractivity (Wildman–Crippen MR) is 76.1 cm³/mol. The van der Waals surface area contributed by atoms with Gasteiger partial charge in [0.15, 0.2) is 5.69 Å². The van der Waals surface area contributed by atoms with Gasteiger partial charge in [-0.1, -0.05) is 0 Å². The Balaban J connectivity index is 2.07. The van der Waals surface area contributed by atoms with Crippen LogP contribution in [0.15, 0.2) is 35.4 Å². The average molecular weight is 287 g/mol. The molecule has 0 fully saturated rings. The fourth-order valence-corrected chi connectivity index (χ4v) is 1.62. The number of non-ortho nitro benzene ring substituents is 1. The summed E-state index contributed by atoms with van der Waals surface area (Å²) in [6, 6.07) is 7.51. The van der Waals surface area contributed by atoms with Crippen molar-refractivity contribution in [3.8, 4) is 0 Å². The number of hydrazone groups is 1. The van der Waals surface area contributed by atoms with Crippen LogP contribution in [-0.2, 0) is 0 Å².